The number of rotatable bonds is 15. The molecule has 4 atom stereocenters. The van der Waals surface area contributed by atoms with Gasteiger partial charge in [-0.05, 0) is 40.7 Å². The van der Waals surface area contributed by atoms with Gasteiger partial charge in [-0.15, -0.1) is 34.7 Å². The van der Waals surface area contributed by atoms with Gasteiger partial charge in [-0.1, -0.05) is 157 Å². The smallest absolute Gasteiger partial charge is 0.316 e. The van der Waals surface area contributed by atoms with Gasteiger partial charge in [0.25, 0.3) is 5.91 Å². The first kappa shape index (κ1) is 43.3. The lowest BCUT2D eigenvalue weighted by molar-refractivity contribution is -0.164. The van der Waals surface area contributed by atoms with Crippen molar-refractivity contribution in [3.8, 4) is 0 Å². The molecule has 3 aliphatic heterocycles. The van der Waals surface area contributed by atoms with Gasteiger partial charge in [0.05, 0.1) is 6.61 Å². The molecule has 0 radical (unpaired) electrons. The van der Waals surface area contributed by atoms with Crippen molar-refractivity contribution < 1.29 is 28.7 Å². The van der Waals surface area contributed by atoms with Crippen LogP contribution < -0.4 is 10.6 Å². The average Bonchev–Trinajstić information content (AvgIpc) is 3.83. The molecule has 11 nitrogen and oxygen atoms in total. The third-order valence-electron chi connectivity index (χ3n) is 11.8. The summed E-state index contributed by atoms with van der Waals surface area (Å²) in [5, 5.41) is 12.9. The largest absolute Gasteiger partial charge is 0.452 e. The Morgan fingerprint density at radius 3 is 1.94 bits per heavy atom. The SMILES string of the molecule is O=C(NC1C(=O)N2CC(CCl)(C(=O)OC(c3ccccc3)c3ccccc3)CS[C@H]12)C(=NOC1CCCCO1)c1csc(NC(c2ccccc2)(c2ccccc2)c2ccccc2)n1. The number of carbonyl (C=O) groups is 3. The Hall–Kier alpha value is -5.99. The summed E-state index contributed by atoms with van der Waals surface area (Å²) in [5.74, 6) is -1.24. The van der Waals surface area contributed by atoms with Crippen LogP contribution in [0.4, 0.5) is 5.13 Å². The summed E-state index contributed by atoms with van der Waals surface area (Å²) in [5.41, 5.74) is 2.74. The number of anilines is 1. The highest BCUT2D eigenvalue weighted by Crippen LogP contribution is 2.45. The van der Waals surface area contributed by atoms with E-state index in [1.54, 1.807) is 10.3 Å². The van der Waals surface area contributed by atoms with Crippen molar-refractivity contribution in [2.24, 2.45) is 10.6 Å². The van der Waals surface area contributed by atoms with Gasteiger partial charge in [0.2, 0.25) is 12.2 Å². The van der Waals surface area contributed by atoms with Crippen LogP contribution in [0.2, 0.25) is 0 Å². The molecule has 2 amide bonds. The summed E-state index contributed by atoms with van der Waals surface area (Å²) in [6.45, 7) is 0.569. The molecule has 0 saturated carbocycles. The fraction of sp³-hybridized carbons (Fsp3) is 0.260. The standard InChI is InChI=1S/C50H46ClN5O6S2/c51-31-49(47(59)61-43(34-18-6-1-7-19-34)35-20-8-2-9-21-35)32-56-45(58)42(46(56)64-33-49)53-44(57)41(55-62-40-28-16-17-29-60-40)39-30-63-48(52-39)54-50(36-22-10-3-11-23-36,37-24-12-4-13-25-37)38-26-14-5-15-27-38/h1-15,18-27,30,40,42-43,46H,16-17,28-29,31-33H2,(H,52,54)(H,53,57)/t40?,42?,46-,49?/m1/s1. The van der Waals surface area contributed by atoms with Gasteiger partial charge in [-0.2, -0.15) is 0 Å². The van der Waals surface area contributed by atoms with Gasteiger partial charge in [-0.25, -0.2) is 4.98 Å². The second-order valence-corrected chi connectivity index (χ2v) is 18.2. The molecule has 326 valence electrons. The van der Waals surface area contributed by atoms with Crippen molar-refractivity contribution in [3.05, 3.63) is 191 Å². The molecule has 2 N–H and O–H groups in total. The Kier molecular flexibility index (Phi) is 13.1. The number of hydrogen-bond acceptors (Lipinski definition) is 11. The maximum Gasteiger partial charge on any atom is 0.316 e. The van der Waals surface area contributed by atoms with Gasteiger partial charge in [0.1, 0.15) is 28.1 Å². The molecule has 3 unspecified atom stereocenters. The van der Waals surface area contributed by atoms with E-state index in [1.807, 2.05) is 115 Å². The number of thiazole rings is 1. The molecule has 3 aliphatic rings. The van der Waals surface area contributed by atoms with Crippen molar-refractivity contribution in [1.82, 2.24) is 15.2 Å². The molecule has 5 aromatic carbocycles. The molecular weight excluding hydrogens is 866 g/mol. The predicted molar refractivity (Wildman–Crippen MR) is 250 cm³/mol. The van der Waals surface area contributed by atoms with E-state index >= 15 is 0 Å². The quantitative estimate of drug-likeness (QED) is 0.0259. The van der Waals surface area contributed by atoms with E-state index in [9.17, 15) is 14.4 Å². The first-order chi connectivity index (χ1) is 31.4. The molecule has 3 fully saturated rings. The molecule has 0 bridgehead atoms. The number of oxime groups is 1. The van der Waals surface area contributed by atoms with Crippen molar-refractivity contribution in [2.45, 2.75) is 48.6 Å². The van der Waals surface area contributed by atoms with Crippen molar-refractivity contribution in [2.75, 3.05) is 30.1 Å². The second-order valence-electron chi connectivity index (χ2n) is 16.0. The Labute approximate surface area is 385 Å². The molecule has 9 rings (SSSR count). The minimum Gasteiger partial charge on any atom is -0.452 e. The van der Waals surface area contributed by atoms with Crippen LogP contribution in [-0.2, 0) is 34.2 Å². The van der Waals surface area contributed by atoms with E-state index in [2.05, 4.69) is 52.2 Å². The first-order valence-corrected chi connectivity index (χ1v) is 23.7. The number of nitrogens with one attached hydrogen (secondary N) is 2. The van der Waals surface area contributed by atoms with Crippen LogP contribution in [0.1, 0.15) is 58.9 Å². The topological polar surface area (TPSA) is 131 Å². The zero-order valence-corrected chi connectivity index (χ0v) is 37.1. The summed E-state index contributed by atoms with van der Waals surface area (Å²) >= 11 is 9.30. The van der Waals surface area contributed by atoms with E-state index in [1.165, 1.54) is 23.1 Å². The number of fused-ring (bicyclic) bond motifs is 1. The van der Waals surface area contributed by atoms with Crippen LogP contribution in [0, 0.1) is 5.41 Å². The summed E-state index contributed by atoms with van der Waals surface area (Å²) < 4.78 is 12.0. The highest BCUT2D eigenvalue weighted by molar-refractivity contribution is 8.00. The molecule has 64 heavy (non-hydrogen) atoms. The number of thioether (sulfide) groups is 1. The van der Waals surface area contributed by atoms with Crippen LogP contribution in [0.3, 0.4) is 0 Å². The molecule has 0 spiro atoms. The molecule has 1 aromatic heterocycles. The zero-order valence-electron chi connectivity index (χ0n) is 34.8. The Morgan fingerprint density at radius 1 is 0.844 bits per heavy atom. The average molecular weight is 913 g/mol. The van der Waals surface area contributed by atoms with Crippen LogP contribution in [-0.4, -0.2) is 75.9 Å². The van der Waals surface area contributed by atoms with Gasteiger partial charge < -0.3 is 29.8 Å². The lowest BCUT2D eigenvalue weighted by atomic mass is 9.77. The first-order valence-electron chi connectivity index (χ1n) is 21.2. The maximum absolute atomic E-state index is 14.4. The monoisotopic (exact) mass is 911 g/mol. The number of aromatic nitrogens is 1. The molecule has 4 heterocycles. The third-order valence-corrected chi connectivity index (χ3v) is 14.7. The Balaban J connectivity index is 0.955. The second kappa shape index (κ2) is 19.4. The van der Waals surface area contributed by atoms with Crippen LogP contribution in [0.5, 0.6) is 0 Å². The number of nitrogens with zero attached hydrogens (tertiary/aromatic N) is 3. The van der Waals surface area contributed by atoms with Gasteiger partial charge >= 0.3 is 5.97 Å². The molecule has 0 aliphatic carbocycles. The lowest BCUT2D eigenvalue weighted by Crippen LogP contribution is -2.74. The Bertz CT molecular complexity index is 2430. The van der Waals surface area contributed by atoms with Crippen LogP contribution in [0.15, 0.2) is 162 Å². The number of hydrogen-bond donors (Lipinski definition) is 2. The van der Waals surface area contributed by atoms with Gasteiger partial charge in [-0.3, -0.25) is 14.4 Å². The minimum absolute atomic E-state index is 0.0463. The molecule has 14 heteroatoms. The fourth-order valence-corrected chi connectivity index (χ4v) is 11.1. The number of esters is 1. The van der Waals surface area contributed by atoms with Crippen LogP contribution >= 0.6 is 34.7 Å². The third kappa shape index (κ3) is 8.77. The van der Waals surface area contributed by atoms with E-state index in [0.29, 0.717) is 18.2 Å². The fourth-order valence-electron chi connectivity index (χ4n) is 8.40. The highest BCUT2D eigenvalue weighted by atomic mass is 35.5. The number of alkyl halides is 1. The number of halogens is 1. The minimum atomic E-state index is -1.17. The van der Waals surface area contributed by atoms with E-state index in [-0.39, 0.29) is 35.5 Å². The van der Waals surface area contributed by atoms with E-state index in [0.717, 1.165) is 40.7 Å². The number of β-lactam (4-membered cyclic amide) rings is 1. The van der Waals surface area contributed by atoms with Gasteiger partial charge in [0, 0.05) is 30.0 Å². The normalized spacial score (nSPS) is 21.0. The highest BCUT2D eigenvalue weighted by Gasteiger charge is 2.58. The molecule has 3 saturated heterocycles. The van der Waals surface area contributed by atoms with Gasteiger partial charge in [0.15, 0.2) is 16.9 Å². The van der Waals surface area contributed by atoms with Crippen molar-refractivity contribution >= 4 is 63.3 Å². The van der Waals surface area contributed by atoms with Crippen molar-refractivity contribution in [3.63, 3.8) is 0 Å². The zero-order chi connectivity index (χ0) is 43.9. The van der Waals surface area contributed by atoms with E-state index in [4.69, 9.17) is 30.9 Å². The number of amides is 2. The lowest BCUT2D eigenvalue weighted by Gasteiger charge is -2.53. The number of carbonyl (C=O) groups excluding carboxylic acids is 3. The Morgan fingerprint density at radius 2 is 1.41 bits per heavy atom. The summed E-state index contributed by atoms with van der Waals surface area (Å²) in [4.78, 5) is 54.9. The van der Waals surface area contributed by atoms with Crippen molar-refractivity contribution in [1.29, 1.82) is 0 Å². The summed E-state index contributed by atoms with van der Waals surface area (Å²) in [6, 6.07) is 48.6. The summed E-state index contributed by atoms with van der Waals surface area (Å²) in [6.07, 6.45) is 1.13. The van der Waals surface area contributed by atoms with Crippen LogP contribution in [0.25, 0.3) is 0 Å². The predicted octanol–water partition coefficient (Wildman–Crippen LogP) is 8.75. The molecule has 6 aromatic rings. The molecular formula is C50H46ClN5O6S2. The summed E-state index contributed by atoms with van der Waals surface area (Å²) in [7, 11) is 0. The van der Waals surface area contributed by atoms with E-state index < -0.39 is 46.6 Å². The number of ether oxygens (including phenoxy) is 2. The maximum atomic E-state index is 14.4. The number of benzene rings is 5.